The van der Waals surface area contributed by atoms with Gasteiger partial charge in [0.2, 0.25) is 0 Å². The van der Waals surface area contributed by atoms with Crippen LogP contribution in [0.1, 0.15) is 49.9 Å². The van der Waals surface area contributed by atoms with E-state index in [9.17, 15) is 0 Å². The van der Waals surface area contributed by atoms with Crippen LogP contribution in [0.5, 0.6) is 0 Å². The highest BCUT2D eigenvalue weighted by atomic mass is 14.5. The fraction of sp³-hybridized carbons (Fsp3) is 0.200. The van der Waals surface area contributed by atoms with Gasteiger partial charge in [-0.05, 0) is 57.6 Å². The average molecular weight is 421 g/mol. The summed E-state index contributed by atoms with van der Waals surface area (Å²) in [7, 11) is 0. The van der Waals surface area contributed by atoms with Crippen LogP contribution >= 0.6 is 0 Å². The molecule has 0 atom stereocenters. The van der Waals surface area contributed by atoms with Crippen molar-refractivity contribution in [3.05, 3.63) is 119 Å². The fourth-order valence-electron chi connectivity index (χ4n) is 4.29. The Kier molecular flexibility index (Phi) is 5.56. The van der Waals surface area contributed by atoms with Crippen LogP contribution in [0.15, 0.2) is 97.1 Å². The standard InChI is InChI=1S/C30H32N2/c1-29(2,25-13-17-27(31)18-14-25)23-9-5-21(6-10-23)22-7-11-24(12-8-22)30(3,4)26-15-19-28(32)20-16-26/h5-20H,31-32H2,1-4H3. The molecule has 4 rings (SSSR count). The van der Waals surface area contributed by atoms with Gasteiger partial charge in [-0.15, -0.1) is 0 Å². The second kappa shape index (κ2) is 8.20. The molecule has 0 fully saturated rings. The summed E-state index contributed by atoms with van der Waals surface area (Å²) in [4.78, 5) is 0. The fourth-order valence-corrected chi connectivity index (χ4v) is 4.29. The first-order chi connectivity index (χ1) is 15.2. The Bertz CT molecular complexity index is 1080. The molecule has 0 amide bonds. The van der Waals surface area contributed by atoms with Crippen molar-refractivity contribution >= 4 is 11.4 Å². The van der Waals surface area contributed by atoms with Gasteiger partial charge in [-0.25, -0.2) is 0 Å². The van der Waals surface area contributed by atoms with E-state index in [1.54, 1.807) is 0 Å². The molecule has 0 bridgehead atoms. The van der Waals surface area contributed by atoms with Gasteiger partial charge in [-0.2, -0.15) is 0 Å². The normalized spacial score (nSPS) is 12.0. The Morgan fingerprint density at radius 3 is 0.844 bits per heavy atom. The Balaban J connectivity index is 1.57. The van der Waals surface area contributed by atoms with Crippen molar-refractivity contribution in [3.8, 4) is 11.1 Å². The number of hydrogen-bond donors (Lipinski definition) is 2. The molecule has 0 saturated heterocycles. The topological polar surface area (TPSA) is 52.0 Å². The van der Waals surface area contributed by atoms with Gasteiger partial charge in [0.15, 0.2) is 0 Å². The van der Waals surface area contributed by atoms with E-state index in [2.05, 4.69) is 100 Å². The van der Waals surface area contributed by atoms with Crippen LogP contribution in [0.2, 0.25) is 0 Å². The minimum absolute atomic E-state index is 0.0841. The monoisotopic (exact) mass is 420 g/mol. The quantitative estimate of drug-likeness (QED) is 0.336. The first-order valence-electron chi connectivity index (χ1n) is 11.1. The summed E-state index contributed by atoms with van der Waals surface area (Å²) in [5, 5.41) is 0. The molecule has 0 aliphatic rings. The molecule has 4 aromatic carbocycles. The molecule has 0 saturated carbocycles. The molecule has 0 heterocycles. The van der Waals surface area contributed by atoms with Gasteiger partial charge < -0.3 is 11.5 Å². The average Bonchev–Trinajstić information content (AvgIpc) is 2.80. The zero-order valence-electron chi connectivity index (χ0n) is 19.4. The maximum Gasteiger partial charge on any atom is 0.0314 e. The van der Waals surface area contributed by atoms with Crippen LogP contribution in [0.4, 0.5) is 11.4 Å². The lowest BCUT2D eigenvalue weighted by atomic mass is 9.77. The van der Waals surface area contributed by atoms with Crippen LogP contribution in [0.25, 0.3) is 11.1 Å². The molecular formula is C30H32N2. The van der Waals surface area contributed by atoms with E-state index in [0.717, 1.165) is 11.4 Å². The minimum Gasteiger partial charge on any atom is -0.399 e. The molecule has 162 valence electrons. The molecular weight excluding hydrogens is 388 g/mol. The molecule has 0 aliphatic heterocycles. The first kappa shape index (κ1) is 21.7. The van der Waals surface area contributed by atoms with Crippen molar-refractivity contribution in [2.75, 3.05) is 11.5 Å². The lowest BCUT2D eigenvalue weighted by molar-refractivity contribution is 0.640. The SMILES string of the molecule is CC(C)(c1ccc(N)cc1)c1ccc(-c2ccc(C(C)(C)c3ccc(N)cc3)cc2)cc1. The van der Waals surface area contributed by atoms with E-state index >= 15 is 0 Å². The van der Waals surface area contributed by atoms with Crippen LogP contribution in [-0.4, -0.2) is 0 Å². The van der Waals surface area contributed by atoms with E-state index < -0.39 is 0 Å². The van der Waals surface area contributed by atoms with Gasteiger partial charge in [0, 0.05) is 22.2 Å². The Morgan fingerprint density at radius 2 is 0.594 bits per heavy atom. The number of anilines is 2. The maximum atomic E-state index is 5.86. The summed E-state index contributed by atoms with van der Waals surface area (Å²) in [5.74, 6) is 0. The third-order valence-electron chi connectivity index (χ3n) is 6.81. The van der Waals surface area contributed by atoms with E-state index in [0.29, 0.717) is 0 Å². The molecule has 4 N–H and O–H groups in total. The summed E-state index contributed by atoms with van der Waals surface area (Å²) in [5.41, 5.74) is 20.7. The number of hydrogen-bond acceptors (Lipinski definition) is 2. The van der Waals surface area contributed by atoms with Crippen molar-refractivity contribution in [1.82, 2.24) is 0 Å². The number of nitrogens with two attached hydrogens (primary N) is 2. The largest absolute Gasteiger partial charge is 0.399 e. The first-order valence-corrected chi connectivity index (χ1v) is 11.1. The summed E-state index contributed by atoms with van der Waals surface area (Å²) in [6.07, 6.45) is 0. The lowest BCUT2D eigenvalue weighted by Crippen LogP contribution is -2.19. The highest BCUT2D eigenvalue weighted by Crippen LogP contribution is 2.35. The van der Waals surface area contributed by atoms with Crippen molar-refractivity contribution in [2.45, 2.75) is 38.5 Å². The molecule has 0 spiro atoms. The Hall–Kier alpha value is -3.52. The Labute approximate surface area is 191 Å². The summed E-state index contributed by atoms with van der Waals surface area (Å²) in [6, 6.07) is 34.2. The summed E-state index contributed by atoms with van der Waals surface area (Å²) < 4.78 is 0. The van der Waals surface area contributed by atoms with E-state index in [4.69, 9.17) is 11.5 Å². The molecule has 0 unspecified atom stereocenters. The summed E-state index contributed by atoms with van der Waals surface area (Å²) >= 11 is 0. The zero-order valence-corrected chi connectivity index (χ0v) is 19.4. The molecule has 0 aliphatic carbocycles. The molecule has 32 heavy (non-hydrogen) atoms. The number of benzene rings is 4. The molecule has 0 radical (unpaired) electrons. The minimum atomic E-state index is -0.0841. The zero-order chi connectivity index (χ0) is 22.9. The number of nitrogen functional groups attached to an aromatic ring is 2. The van der Waals surface area contributed by atoms with Crippen molar-refractivity contribution in [1.29, 1.82) is 0 Å². The Morgan fingerprint density at radius 1 is 0.375 bits per heavy atom. The second-order valence-corrected chi connectivity index (χ2v) is 9.65. The highest BCUT2D eigenvalue weighted by Gasteiger charge is 2.24. The van der Waals surface area contributed by atoms with Gasteiger partial charge in [0.25, 0.3) is 0 Å². The van der Waals surface area contributed by atoms with E-state index in [1.165, 1.54) is 33.4 Å². The van der Waals surface area contributed by atoms with Crippen LogP contribution in [0, 0.1) is 0 Å². The molecule has 2 heteroatoms. The predicted octanol–water partition coefficient (Wildman–Crippen LogP) is 7.17. The van der Waals surface area contributed by atoms with Gasteiger partial charge in [-0.1, -0.05) is 100 Å². The third kappa shape index (κ3) is 4.13. The molecule has 4 aromatic rings. The molecule has 2 nitrogen and oxygen atoms in total. The predicted molar refractivity (Wildman–Crippen MR) is 138 cm³/mol. The second-order valence-electron chi connectivity index (χ2n) is 9.65. The molecule has 0 aromatic heterocycles. The summed E-state index contributed by atoms with van der Waals surface area (Å²) in [6.45, 7) is 9.01. The van der Waals surface area contributed by atoms with Gasteiger partial charge in [0.05, 0.1) is 0 Å². The van der Waals surface area contributed by atoms with Crippen molar-refractivity contribution < 1.29 is 0 Å². The van der Waals surface area contributed by atoms with Crippen molar-refractivity contribution in [2.24, 2.45) is 0 Å². The van der Waals surface area contributed by atoms with E-state index in [-0.39, 0.29) is 10.8 Å². The number of rotatable bonds is 5. The lowest BCUT2D eigenvalue weighted by Gasteiger charge is -2.27. The van der Waals surface area contributed by atoms with Gasteiger partial charge in [0.1, 0.15) is 0 Å². The van der Waals surface area contributed by atoms with Crippen LogP contribution in [0.3, 0.4) is 0 Å². The van der Waals surface area contributed by atoms with E-state index in [1.807, 2.05) is 24.3 Å². The van der Waals surface area contributed by atoms with Crippen LogP contribution in [-0.2, 0) is 10.8 Å². The van der Waals surface area contributed by atoms with Gasteiger partial charge >= 0.3 is 0 Å². The van der Waals surface area contributed by atoms with Gasteiger partial charge in [-0.3, -0.25) is 0 Å². The maximum absolute atomic E-state index is 5.86. The van der Waals surface area contributed by atoms with Crippen LogP contribution < -0.4 is 11.5 Å². The smallest absolute Gasteiger partial charge is 0.0314 e. The highest BCUT2D eigenvalue weighted by molar-refractivity contribution is 5.65. The third-order valence-corrected chi connectivity index (χ3v) is 6.81. The van der Waals surface area contributed by atoms with Crippen molar-refractivity contribution in [3.63, 3.8) is 0 Å².